The molecule has 334 valence electrons. The van der Waals surface area contributed by atoms with Gasteiger partial charge in [0.2, 0.25) is 5.91 Å². The molecule has 3 aliphatic heterocycles. The van der Waals surface area contributed by atoms with E-state index in [4.69, 9.17) is 28.9 Å². The minimum atomic E-state index is -1.58. The highest BCUT2D eigenvalue weighted by atomic mass is 16.7. The first-order valence-electron chi connectivity index (χ1n) is 21.0. The molecule has 16 nitrogen and oxygen atoms in total. The van der Waals surface area contributed by atoms with Gasteiger partial charge in [-0.05, 0) is 80.5 Å². The Kier molecular flexibility index (Phi) is 14.5. The highest BCUT2D eigenvalue weighted by Crippen LogP contribution is 2.44. The maximum Gasteiger partial charge on any atom is 0.340 e. The summed E-state index contributed by atoms with van der Waals surface area (Å²) < 4.78 is 21.5. The van der Waals surface area contributed by atoms with E-state index >= 15 is 0 Å². The van der Waals surface area contributed by atoms with Gasteiger partial charge in [0, 0.05) is 70.7 Å². The largest absolute Gasteiger partial charge is 0.469 e. The van der Waals surface area contributed by atoms with Crippen molar-refractivity contribution >= 4 is 57.1 Å². The molecule has 8 bridgehead atoms. The number of aromatic nitrogens is 4. The fourth-order valence-electron chi connectivity index (χ4n) is 8.68. The van der Waals surface area contributed by atoms with Crippen LogP contribution in [-0.4, -0.2) is 135 Å². The van der Waals surface area contributed by atoms with Crippen LogP contribution in [0.1, 0.15) is 102 Å². The maximum absolute atomic E-state index is 14.4. The zero-order valence-electron chi connectivity index (χ0n) is 36.7. The number of fused-ring (bicyclic) bond motifs is 8. The second-order valence-electron chi connectivity index (χ2n) is 16.2. The summed E-state index contributed by atoms with van der Waals surface area (Å²) in [5, 5.41) is 40.2. The Bertz CT molecular complexity index is 2420. The Morgan fingerprint density at radius 2 is 1.65 bits per heavy atom. The van der Waals surface area contributed by atoms with Crippen molar-refractivity contribution in [3.63, 3.8) is 0 Å². The summed E-state index contributed by atoms with van der Waals surface area (Å²) in [6, 6.07) is 5.98. The molecule has 1 amide bonds. The van der Waals surface area contributed by atoms with Gasteiger partial charge in [-0.3, -0.25) is 14.6 Å². The minimum Gasteiger partial charge on any atom is -0.469 e. The van der Waals surface area contributed by atoms with Gasteiger partial charge in [-0.25, -0.2) is 9.78 Å². The van der Waals surface area contributed by atoms with E-state index in [0.29, 0.717) is 41.1 Å². The first kappa shape index (κ1) is 46.3. The molecule has 6 rings (SSSR count). The number of nitrogens with zero attached hydrogens (tertiary/aromatic N) is 3. The van der Waals surface area contributed by atoms with Gasteiger partial charge in [0.25, 0.3) is 0 Å². The number of hydrogen-bond acceptors (Lipinski definition) is 13. The molecular formula is C46H59N5O11. The number of esters is 2. The molecule has 3 aromatic heterocycles. The van der Waals surface area contributed by atoms with Crippen molar-refractivity contribution < 1.29 is 53.8 Å². The van der Waals surface area contributed by atoms with Crippen LogP contribution in [0.3, 0.4) is 0 Å². The molecule has 6 heterocycles. The fraction of sp³-hybridized carbons (Fsp3) is 0.500. The number of amides is 1. The summed E-state index contributed by atoms with van der Waals surface area (Å²) in [5.74, 6) is -1.96. The monoisotopic (exact) mass is 857 g/mol. The number of aliphatic hydroxyl groups excluding tert-OH is 4. The van der Waals surface area contributed by atoms with Crippen LogP contribution in [0.15, 0.2) is 24.8 Å². The molecule has 0 unspecified atom stereocenters. The number of aliphatic hydroxyl groups is 4. The van der Waals surface area contributed by atoms with Crippen LogP contribution in [0.4, 0.5) is 0 Å². The second-order valence-corrected chi connectivity index (χ2v) is 16.2. The third kappa shape index (κ3) is 8.98. The predicted octanol–water partition coefficient (Wildman–Crippen LogP) is 4.29. The SMILES string of the molecule is C=Cc1c(C)c2cc3nc(c(CC(=O)N(C)CCCO[C@@H]4O[C@H](CO)[C@@H](O)[C@H](O)[C@H]4O)c4nc(cc5[nH]c(cc1[nH]2)c(C)c5CC)C(C)=C4C(=O)OC)[C@@H](CCC(=O)OC)[C@@H]3C. The lowest BCUT2D eigenvalue weighted by Gasteiger charge is -2.39. The number of carbonyl (C=O) groups excluding carboxylic acids is 3. The second kappa shape index (κ2) is 19.4. The summed E-state index contributed by atoms with van der Waals surface area (Å²) in [5.41, 5.74) is 10.6. The summed E-state index contributed by atoms with van der Waals surface area (Å²) in [6.45, 7) is 13.7. The molecule has 16 heteroatoms. The molecule has 0 aromatic carbocycles. The van der Waals surface area contributed by atoms with Crippen LogP contribution in [0.2, 0.25) is 0 Å². The van der Waals surface area contributed by atoms with Crippen LogP contribution in [0, 0.1) is 13.8 Å². The van der Waals surface area contributed by atoms with Crippen molar-refractivity contribution in [1.29, 1.82) is 0 Å². The Balaban J connectivity index is 1.52. The average Bonchev–Trinajstić information content (AvgIpc) is 3.95. The molecule has 1 saturated heterocycles. The van der Waals surface area contributed by atoms with Gasteiger partial charge in [0.1, 0.15) is 24.4 Å². The number of aromatic amines is 2. The summed E-state index contributed by atoms with van der Waals surface area (Å²) in [4.78, 5) is 59.9. The van der Waals surface area contributed by atoms with Crippen molar-refractivity contribution in [3.05, 3.63) is 75.4 Å². The van der Waals surface area contributed by atoms with Gasteiger partial charge in [0.05, 0.1) is 56.5 Å². The van der Waals surface area contributed by atoms with Crippen LogP contribution >= 0.6 is 0 Å². The first-order chi connectivity index (χ1) is 29.6. The molecule has 0 radical (unpaired) electrons. The molecule has 6 N–H and O–H groups in total. The summed E-state index contributed by atoms with van der Waals surface area (Å²) in [6.07, 6.45) is -4.04. The van der Waals surface area contributed by atoms with Gasteiger partial charge in [-0.1, -0.05) is 26.5 Å². The Hall–Kier alpha value is -5.23. The number of methoxy groups -OCH3 is 2. The highest BCUT2D eigenvalue weighted by Gasteiger charge is 2.44. The highest BCUT2D eigenvalue weighted by molar-refractivity contribution is 6.25. The number of likely N-dealkylation sites (N-methyl/N-ethyl adjacent to an activating group) is 1. The molecule has 1 fully saturated rings. The van der Waals surface area contributed by atoms with E-state index in [1.807, 2.05) is 32.1 Å². The van der Waals surface area contributed by atoms with E-state index in [1.54, 1.807) is 14.0 Å². The minimum absolute atomic E-state index is 0.00499. The summed E-state index contributed by atoms with van der Waals surface area (Å²) >= 11 is 0. The maximum atomic E-state index is 14.4. The first-order valence-corrected chi connectivity index (χ1v) is 21.0. The molecule has 0 aliphatic carbocycles. The predicted molar refractivity (Wildman–Crippen MR) is 233 cm³/mol. The van der Waals surface area contributed by atoms with Gasteiger partial charge in [-0.15, -0.1) is 0 Å². The summed E-state index contributed by atoms with van der Waals surface area (Å²) in [7, 11) is 4.27. The number of H-pyrrole nitrogens is 2. The van der Waals surface area contributed by atoms with Gasteiger partial charge >= 0.3 is 11.9 Å². The molecule has 3 aromatic rings. The van der Waals surface area contributed by atoms with Crippen LogP contribution < -0.4 is 0 Å². The molecule has 3 aliphatic rings. The number of carbonyl (C=O) groups is 3. The Labute approximate surface area is 360 Å². The van der Waals surface area contributed by atoms with E-state index in [2.05, 4.69) is 36.5 Å². The zero-order valence-corrected chi connectivity index (χ0v) is 36.7. The van der Waals surface area contributed by atoms with E-state index in [0.717, 1.165) is 50.7 Å². The topological polar surface area (TPSA) is 230 Å². The molecular weight excluding hydrogens is 799 g/mol. The number of hydrogen-bond donors (Lipinski definition) is 6. The normalized spacial score (nSPS) is 22.4. The number of allylic oxidation sites excluding steroid dienone is 1. The Morgan fingerprint density at radius 3 is 2.31 bits per heavy atom. The van der Waals surface area contributed by atoms with Crippen LogP contribution in [0.25, 0.3) is 39.3 Å². The smallest absolute Gasteiger partial charge is 0.340 e. The molecule has 0 spiro atoms. The lowest BCUT2D eigenvalue weighted by molar-refractivity contribution is -0.301. The van der Waals surface area contributed by atoms with E-state index < -0.39 is 49.3 Å². The molecule has 62 heavy (non-hydrogen) atoms. The zero-order chi connectivity index (χ0) is 45.2. The van der Waals surface area contributed by atoms with Crippen molar-refractivity contribution in [2.24, 2.45) is 0 Å². The van der Waals surface area contributed by atoms with Crippen molar-refractivity contribution in [2.75, 3.05) is 41.0 Å². The van der Waals surface area contributed by atoms with E-state index in [1.165, 1.54) is 19.1 Å². The van der Waals surface area contributed by atoms with Crippen molar-refractivity contribution in [1.82, 2.24) is 24.8 Å². The van der Waals surface area contributed by atoms with Gasteiger partial charge in [0.15, 0.2) is 6.29 Å². The number of aryl methyl sites for hydroxylation is 3. The molecule has 7 atom stereocenters. The number of nitrogens with one attached hydrogen (secondary N) is 2. The quantitative estimate of drug-likeness (QED) is 0.0984. The lowest BCUT2D eigenvalue weighted by atomic mass is 9.84. The molecule has 0 saturated carbocycles. The van der Waals surface area contributed by atoms with Crippen molar-refractivity contribution in [2.45, 2.75) is 109 Å². The lowest BCUT2D eigenvalue weighted by Crippen LogP contribution is -2.59. The Morgan fingerprint density at radius 1 is 0.935 bits per heavy atom. The van der Waals surface area contributed by atoms with E-state index in [9.17, 15) is 34.8 Å². The van der Waals surface area contributed by atoms with Crippen LogP contribution in [0.5, 0.6) is 0 Å². The van der Waals surface area contributed by atoms with Gasteiger partial charge < -0.3 is 54.2 Å². The van der Waals surface area contributed by atoms with Gasteiger partial charge in [-0.2, -0.15) is 0 Å². The fourth-order valence-corrected chi connectivity index (χ4v) is 8.68. The number of ether oxygens (including phenoxy) is 4. The number of rotatable bonds is 14. The third-order valence-corrected chi connectivity index (χ3v) is 12.5. The van der Waals surface area contributed by atoms with E-state index in [-0.39, 0.29) is 55.0 Å². The van der Waals surface area contributed by atoms with Crippen molar-refractivity contribution in [3.8, 4) is 0 Å². The van der Waals surface area contributed by atoms with Crippen LogP contribution in [-0.2, 0) is 46.2 Å². The average molecular weight is 858 g/mol. The third-order valence-electron chi connectivity index (χ3n) is 12.5. The standard InChI is InChI=1S/C46H59N5O11/c1-10-26-22(3)30-18-32-24(5)28(13-14-38(54)59-8)40(49-32)29(17-37(53)51(7)15-12-16-61-46-44(57)43(56)42(55)36(21-52)62-46)41-39(45(58)60-9)25(6)33(50-41)20-35-27(11-2)23(4)31(48-35)19-34(26)47-30/h10,18-20,24,28,36,42-44,46-48,52,55-57H,1,11-17,21H2,2-9H3/t24-,28-,36+,42+,43-,44+,46+/m0/s1.